The first-order valence-corrected chi connectivity index (χ1v) is 21.9. The zero-order valence-corrected chi connectivity index (χ0v) is 35.2. The van der Waals surface area contributed by atoms with Crippen molar-refractivity contribution in [3.63, 3.8) is 0 Å². The summed E-state index contributed by atoms with van der Waals surface area (Å²) in [6.07, 6.45) is 0. The lowest BCUT2D eigenvalue weighted by Crippen LogP contribution is -2.74. The van der Waals surface area contributed by atoms with Crippen molar-refractivity contribution in [3.05, 3.63) is 260 Å². The fraction of sp³-hybridized carbons (Fsp3) is 0. The van der Waals surface area contributed by atoms with Gasteiger partial charge in [-0.1, -0.05) is 236 Å². The number of hydrogen-bond acceptors (Lipinski definition) is 3. The molecular weight excluding hydrogens is 855 g/mol. The Kier molecular flexibility index (Phi) is 3.83. The van der Waals surface area contributed by atoms with Gasteiger partial charge in [-0.05, 0) is 67.2 Å². The molecule has 0 saturated heterocycles. The highest BCUT2D eigenvalue weighted by atomic mass is 28.3. The van der Waals surface area contributed by atoms with E-state index in [0.29, 0.717) is 9.13 Å². The number of para-hydroxylation sites is 3. The Hall–Kier alpha value is -8.97. The van der Waals surface area contributed by atoms with Crippen molar-refractivity contribution in [3.8, 4) is 45.5 Å². The van der Waals surface area contributed by atoms with Crippen LogP contribution in [0, 0.1) is 0 Å². The normalized spacial score (nSPS) is 20.5. The van der Waals surface area contributed by atoms with Crippen molar-refractivity contribution in [1.82, 2.24) is 24.1 Å². The maximum Gasteiger partial charge on any atom is 0.240 e. The molecule has 0 N–H and O–H groups in total. The van der Waals surface area contributed by atoms with Crippen LogP contribution in [0.4, 0.5) is 0 Å². The molecule has 0 radical (unpaired) electrons. The molecule has 0 aliphatic carbocycles. The second-order valence-electron chi connectivity index (χ2n) is 14.3. The van der Waals surface area contributed by atoms with Crippen LogP contribution in [0.15, 0.2) is 260 Å². The first-order valence-electron chi connectivity index (χ1n) is 41.4. The van der Waals surface area contributed by atoms with Crippen molar-refractivity contribution in [2.24, 2.45) is 0 Å². The second-order valence-corrected chi connectivity index (χ2v) is 17.8. The summed E-state index contributed by atoms with van der Waals surface area (Å²) in [7, 11) is -7.04. The largest absolute Gasteiger partial charge is 0.278 e. The first kappa shape index (κ1) is 15.8. The molecule has 0 saturated carbocycles. The monoisotopic (exact) mass is 941 g/mol. The number of fused-ring (bicyclic) bond motifs is 6. The highest BCUT2D eigenvalue weighted by Gasteiger charge is 2.42. The SMILES string of the molecule is [2H]c1c([2H])c([2H])c(-c2c([2H])c([2H])c([2H])c([Si](c3c([2H])c([2H])c([2H])c([2H])c3[2H])(c3c([2H])c([2H])c([2H])c([2H])c3[2H])c3c([2H])c([2H])c([2H])c(-c4nc(-n5c6c([2H])c([2H])c([2H])c([2H])c6c6c([2H])c([2H])c([2H])c([2H])c65)nc(-n5c6c([2H])c([2H])c([2H])c([2H])c6c6c(-c7c([2H])c([2H])c([2H])c([2H])c7[2H])c([2H])c([2H])c([2H])c65)n4)c3[2H])c2[2H])c([2H])c1[2H]. The minimum atomic E-state index is -7.04. The molecule has 13 aromatic rings. The molecule has 0 amide bonds. The quantitative estimate of drug-likeness (QED) is 0.107. The average molecular weight is 941 g/mol. The third-order valence-corrected chi connectivity index (χ3v) is 14.7. The molecule has 324 valence electrons. The van der Waals surface area contributed by atoms with Crippen LogP contribution < -0.4 is 20.7 Å². The van der Waals surface area contributed by atoms with Crippen LogP contribution in [-0.2, 0) is 0 Å². The lowest BCUT2D eigenvalue weighted by Gasteiger charge is -2.35. The predicted octanol–water partition coefficient (Wildman–Crippen LogP) is 12.4. The highest BCUT2D eigenvalue weighted by molar-refractivity contribution is 7.20. The minimum Gasteiger partial charge on any atom is -0.278 e. The zero-order chi connectivity index (χ0) is 83.1. The molecular formula is C63H43N5Si. The standard InChI is InChI=1S/C63H43N5Si/c1-5-22-44(23-6-1)46-26-19-32-50(42-46)69(48-28-9-3-10-29-48,49-30-11-4-12-31-49)51-33-20-27-47(43-51)61-64-62(67-56-38-16-13-34-53(56)54-35-14-17-39-57(54)67)66-63(65-61)68-58-40-18-15-36-55(58)60-52(37-21-41-59(60)68)45-24-7-2-8-25-45/h1-43H/i1D,2D,3D,4D,5D,6D,7D,8D,9D,10D,11D,12D,13D,14D,15D,16D,17D,18D,19D,20D,21D,22D,23D,24D,25D,26D,27D,28D,29D,30D,31D,32D,33D,34D,35D,36D,37D,38D,39D,40D,41D,42D,43D. The number of nitrogens with zero attached hydrogens (tertiary/aromatic N) is 5. The smallest absolute Gasteiger partial charge is 0.240 e. The Morgan fingerprint density at radius 3 is 1.28 bits per heavy atom. The van der Waals surface area contributed by atoms with E-state index in [2.05, 4.69) is 15.0 Å². The summed E-state index contributed by atoms with van der Waals surface area (Å²) >= 11 is 0. The van der Waals surface area contributed by atoms with Crippen LogP contribution in [0.3, 0.4) is 0 Å². The summed E-state index contributed by atoms with van der Waals surface area (Å²) in [6.45, 7) is 0. The summed E-state index contributed by atoms with van der Waals surface area (Å²) < 4.78 is 403. The number of rotatable bonds is 9. The molecule has 0 aliphatic rings. The number of benzene rings is 10. The van der Waals surface area contributed by atoms with Gasteiger partial charge in [0, 0.05) is 27.1 Å². The highest BCUT2D eigenvalue weighted by Crippen LogP contribution is 2.39. The lowest BCUT2D eigenvalue weighted by atomic mass is 9.99. The lowest BCUT2D eigenvalue weighted by molar-refractivity contribution is 0.893. The summed E-state index contributed by atoms with van der Waals surface area (Å²) in [5.41, 5.74) is -9.24. The topological polar surface area (TPSA) is 48.5 Å². The van der Waals surface area contributed by atoms with Gasteiger partial charge in [0.2, 0.25) is 11.9 Å². The van der Waals surface area contributed by atoms with Gasteiger partial charge in [0.1, 0.15) is 0 Å². The summed E-state index contributed by atoms with van der Waals surface area (Å²) in [6, 6.07) is -54.1. The molecule has 3 aromatic heterocycles. The van der Waals surface area contributed by atoms with Crippen LogP contribution >= 0.6 is 0 Å². The Morgan fingerprint density at radius 2 is 0.696 bits per heavy atom. The van der Waals surface area contributed by atoms with Crippen molar-refractivity contribution in [2.45, 2.75) is 0 Å². The third-order valence-electron chi connectivity index (χ3n) is 10.7. The van der Waals surface area contributed by atoms with Gasteiger partial charge < -0.3 is 0 Å². The van der Waals surface area contributed by atoms with E-state index < -0.39 is 378 Å². The Morgan fingerprint density at radius 1 is 0.304 bits per heavy atom. The van der Waals surface area contributed by atoms with Crippen LogP contribution in [0.2, 0.25) is 0 Å². The van der Waals surface area contributed by atoms with E-state index in [9.17, 15) is 34.3 Å². The molecule has 0 spiro atoms. The van der Waals surface area contributed by atoms with Gasteiger partial charge in [-0.25, -0.2) is 0 Å². The molecule has 0 aliphatic heterocycles. The molecule has 6 heteroatoms. The van der Waals surface area contributed by atoms with Crippen LogP contribution in [0.5, 0.6) is 0 Å². The molecule has 0 atom stereocenters. The summed E-state index contributed by atoms with van der Waals surface area (Å²) in [4.78, 5) is 13.8. The maximum absolute atomic E-state index is 10.9. The van der Waals surface area contributed by atoms with Crippen molar-refractivity contribution >= 4 is 72.4 Å². The molecule has 3 heterocycles. The van der Waals surface area contributed by atoms with E-state index >= 15 is 0 Å². The van der Waals surface area contributed by atoms with Gasteiger partial charge in [0.25, 0.3) is 0 Å². The van der Waals surface area contributed by atoms with Gasteiger partial charge in [-0.15, -0.1) is 0 Å². The molecule has 69 heavy (non-hydrogen) atoms. The van der Waals surface area contributed by atoms with Crippen LogP contribution in [0.1, 0.15) is 58.9 Å². The maximum atomic E-state index is 10.9. The third kappa shape index (κ3) is 6.64. The van der Waals surface area contributed by atoms with E-state index in [1.54, 1.807) is 0 Å². The van der Waals surface area contributed by atoms with Gasteiger partial charge in [0.05, 0.1) is 81.0 Å². The molecule has 0 unspecified atom stereocenters. The minimum absolute atomic E-state index is 0.513. The van der Waals surface area contributed by atoms with Crippen molar-refractivity contribution in [2.75, 3.05) is 0 Å². The Balaban J connectivity index is 1.37. The second kappa shape index (κ2) is 16.7. The number of hydrogen-bond donors (Lipinski definition) is 0. The van der Waals surface area contributed by atoms with E-state index in [0.717, 1.165) is 0 Å². The fourth-order valence-electron chi connectivity index (χ4n) is 7.92. The fourth-order valence-corrected chi connectivity index (χ4v) is 11.5. The summed E-state index contributed by atoms with van der Waals surface area (Å²) in [5.74, 6) is -3.97. The predicted molar refractivity (Wildman–Crippen MR) is 288 cm³/mol. The van der Waals surface area contributed by atoms with Crippen LogP contribution in [0.25, 0.3) is 89.2 Å². The van der Waals surface area contributed by atoms with Crippen molar-refractivity contribution in [1.29, 1.82) is 0 Å². The summed E-state index contributed by atoms with van der Waals surface area (Å²) in [5, 5.41) is -8.90. The molecule has 13 rings (SSSR count). The van der Waals surface area contributed by atoms with E-state index in [1.807, 2.05) is 0 Å². The van der Waals surface area contributed by atoms with Gasteiger partial charge in [-0.2, -0.15) is 15.0 Å². The van der Waals surface area contributed by atoms with E-state index in [4.69, 9.17) is 24.7 Å². The average Bonchev–Trinajstić information content (AvgIpc) is 0.966. The van der Waals surface area contributed by atoms with Gasteiger partial charge >= 0.3 is 0 Å². The van der Waals surface area contributed by atoms with Crippen LogP contribution in [-0.4, -0.2) is 32.2 Å². The molecule has 0 bridgehead atoms. The Bertz CT molecular complexity index is 6370. The Labute approximate surface area is 461 Å². The molecule has 10 aromatic carbocycles. The van der Waals surface area contributed by atoms with Gasteiger partial charge in [-0.3, -0.25) is 9.13 Å². The van der Waals surface area contributed by atoms with E-state index in [1.165, 1.54) is 0 Å². The van der Waals surface area contributed by atoms with Crippen molar-refractivity contribution < 1.29 is 58.9 Å². The van der Waals surface area contributed by atoms with Gasteiger partial charge in [0.15, 0.2) is 13.9 Å². The molecule has 0 fully saturated rings. The van der Waals surface area contributed by atoms with E-state index in [-0.39, 0.29) is 0 Å². The first-order chi connectivity index (χ1) is 52.1. The molecule has 5 nitrogen and oxygen atoms in total. The zero-order valence-electron chi connectivity index (χ0n) is 77.2. The number of aromatic nitrogens is 5.